The Labute approximate surface area is 119 Å². The number of hydrogen-bond donors (Lipinski definition) is 0. The van der Waals surface area contributed by atoms with E-state index in [1.807, 2.05) is 4.68 Å². The second kappa shape index (κ2) is 7.33. The maximum atomic E-state index is 11.5. The first-order valence-electron chi connectivity index (χ1n) is 7.29. The van der Waals surface area contributed by atoms with Gasteiger partial charge in [0, 0.05) is 6.54 Å². The van der Waals surface area contributed by atoms with Crippen molar-refractivity contribution in [1.82, 2.24) is 25.1 Å². The predicted octanol–water partition coefficient (Wildman–Crippen LogP) is 0.858. The molecule has 0 unspecified atom stereocenters. The molecule has 1 aliphatic heterocycles. The third-order valence-corrected chi connectivity index (χ3v) is 3.82. The number of nitrogens with zero attached hydrogens (tertiary/aromatic N) is 5. The number of tetrazole rings is 1. The summed E-state index contributed by atoms with van der Waals surface area (Å²) in [6, 6.07) is 0. The van der Waals surface area contributed by atoms with Crippen molar-refractivity contribution in [3.8, 4) is 0 Å². The van der Waals surface area contributed by atoms with Crippen molar-refractivity contribution in [3.05, 3.63) is 5.82 Å². The Hall–Kier alpha value is -1.50. The fourth-order valence-electron chi connectivity index (χ4n) is 2.51. The summed E-state index contributed by atoms with van der Waals surface area (Å²) in [7, 11) is 1.45. The van der Waals surface area contributed by atoms with Crippen LogP contribution in [0.3, 0.4) is 0 Å². The third kappa shape index (κ3) is 3.75. The minimum Gasteiger partial charge on any atom is -0.469 e. The van der Waals surface area contributed by atoms with Crippen molar-refractivity contribution in [2.45, 2.75) is 45.7 Å². The minimum atomic E-state index is -0.0857. The van der Waals surface area contributed by atoms with Crippen LogP contribution in [0, 0.1) is 5.92 Å². The number of carbonyl (C=O) groups is 1. The second-order valence-electron chi connectivity index (χ2n) is 5.25. The Kier molecular flexibility index (Phi) is 5.46. The molecule has 0 atom stereocenters. The second-order valence-corrected chi connectivity index (χ2v) is 5.25. The van der Waals surface area contributed by atoms with Gasteiger partial charge in [-0.25, -0.2) is 4.68 Å². The summed E-state index contributed by atoms with van der Waals surface area (Å²) < 4.78 is 6.69. The van der Waals surface area contributed by atoms with E-state index in [2.05, 4.69) is 27.3 Å². The van der Waals surface area contributed by atoms with Crippen molar-refractivity contribution < 1.29 is 9.53 Å². The summed E-state index contributed by atoms with van der Waals surface area (Å²) in [6.07, 6.45) is 3.92. The van der Waals surface area contributed by atoms with Gasteiger partial charge < -0.3 is 4.74 Å². The average molecular weight is 281 g/mol. The summed E-state index contributed by atoms with van der Waals surface area (Å²) in [5, 5.41) is 11.9. The van der Waals surface area contributed by atoms with Crippen LogP contribution in [-0.2, 0) is 22.6 Å². The summed E-state index contributed by atoms with van der Waals surface area (Å²) in [4.78, 5) is 13.8. The zero-order valence-electron chi connectivity index (χ0n) is 12.3. The molecule has 0 N–H and O–H groups in total. The third-order valence-electron chi connectivity index (χ3n) is 3.82. The minimum absolute atomic E-state index is 0.0485. The van der Waals surface area contributed by atoms with Crippen LogP contribution in [0.2, 0.25) is 0 Å². The molecule has 7 nitrogen and oxygen atoms in total. The highest BCUT2D eigenvalue weighted by molar-refractivity contribution is 5.72. The zero-order chi connectivity index (χ0) is 14.4. The lowest BCUT2D eigenvalue weighted by molar-refractivity contribution is -0.147. The molecule has 7 heteroatoms. The SMILES string of the molecule is CCCCn1nnnc1CN1CCC(C(=O)OC)CC1. The van der Waals surface area contributed by atoms with Gasteiger partial charge in [-0.2, -0.15) is 0 Å². The Morgan fingerprint density at radius 2 is 2.15 bits per heavy atom. The van der Waals surface area contributed by atoms with E-state index in [-0.39, 0.29) is 11.9 Å². The zero-order valence-corrected chi connectivity index (χ0v) is 12.3. The molecule has 0 aliphatic carbocycles. The summed E-state index contributed by atoms with van der Waals surface area (Å²) >= 11 is 0. The molecule has 2 heterocycles. The molecule has 0 saturated carbocycles. The lowest BCUT2D eigenvalue weighted by Crippen LogP contribution is -2.37. The maximum absolute atomic E-state index is 11.5. The van der Waals surface area contributed by atoms with Gasteiger partial charge in [-0.15, -0.1) is 5.10 Å². The van der Waals surface area contributed by atoms with E-state index in [0.29, 0.717) is 0 Å². The number of esters is 1. The number of ether oxygens (including phenoxy) is 1. The van der Waals surface area contributed by atoms with Crippen molar-refractivity contribution in [2.75, 3.05) is 20.2 Å². The monoisotopic (exact) mass is 281 g/mol. The number of rotatable bonds is 6. The molecule has 1 saturated heterocycles. The van der Waals surface area contributed by atoms with E-state index in [4.69, 9.17) is 4.74 Å². The predicted molar refractivity (Wildman–Crippen MR) is 72.7 cm³/mol. The van der Waals surface area contributed by atoms with Crippen LogP contribution < -0.4 is 0 Å². The topological polar surface area (TPSA) is 73.1 Å². The number of piperidine rings is 1. The number of carbonyl (C=O) groups excluding carboxylic acids is 1. The van der Waals surface area contributed by atoms with Gasteiger partial charge in [0.2, 0.25) is 0 Å². The quantitative estimate of drug-likeness (QED) is 0.720. The van der Waals surface area contributed by atoms with Crippen LogP contribution in [-0.4, -0.2) is 51.3 Å². The highest BCUT2D eigenvalue weighted by atomic mass is 16.5. The van der Waals surface area contributed by atoms with Crippen LogP contribution in [0.1, 0.15) is 38.4 Å². The lowest BCUT2D eigenvalue weighted by atomic mass is 9.97. The van der Waals surface area contributed by atoms with E-state index in [1.165, 1.54) is 7.11 Å². The van der Waals surface area contributed by atoms with Crippen molar-refractivity contribution in [3.63, 3.8) is 0 Å². The fourth-order valence-corrected chi connectivity index (χ4v) is 2.51. The van der Waals surface area contributed by atoms with E-state index in [0.717, 1.165) is 57.7 Å². The first-order chi connectivity index (χ1) is 9.74. The van der Waals surface area contributed by atoms with E-state index < -0.39 is 0 Å². The molecular weight excluding hydrogens is 258 g/mol. The van der Waals surface area contributed by atoms with Crippen LogP contribution >= 0.6 is 0 Å². The van der Waals surface area contributed by atoms with Gasteiger partial charge in [0.1, 0.15) is 0 Å². The molecule has 0 bridgehead atoms. The van der Waals surface area contributed by atoms with Crippen LogP contribution in [0.25, 0.3) is 0 Å². The summed E-state index contributed by atoms with van der Waals surface area (Å²) in [5.74, 6) is 0.875. The summed E-state index contributed by atoms with van der Waals surface area (Å²) in [6.45, 7) is 5.56. The number of unbranched alkanes of at least 4 members (excludes halogenated alkanes) is 1. The van der Waals surface area contributed by atoms with E-state index in [9.17, 15) is 4.79 Å². The van der Waals surface area contributed by atoms with E-state index in [1.54, 1.807) is 0 Å². The van der Waals surface area contributed by atoms with Gasteiger partial charge in [-0.05, 0) is 42.8 Å². The van der Waals surface area contributed by atoms with Gasteiger partial charge in [0.15, 0.2) is 5.82 Å². The standard InChI is InChI=1S/C13H23N5O2/c1-3-4-7-18-12(14-15-16-18)10-17-8-5-11(6-9-17)13(19)20-2/h11H,3-10H2,1-2H3. The lowest BCUT2D eigenvalue weighted by Gasteiger charge is -2.29. The Morgan fingerprint density at radius 1 is 1.40 bits per heavy atom. The van der Waals surface area contributed by atoms with E-state index >= 15 is 0 Å². The van der Waals surface area contributed by atoms with Gasteiger partial charge >= 0.3 is 5.97 Å². The summed E-state index contributed by atoms with van der Waals surface area (Å²) in [5.41, 5.74) is 0. The van der Waals surface area contributed by atoms with Crippen molar-refractivity contribution in [1.29, 1.82) is 0 Å². The molecule has 0 amide bonds. The molecule has 1 fully saturated rings. The number of methoxy groups -OCH3 is 1. The largest absolute Gasteiger partial charge is 0.469 e. The van der Waals surface area contributed by atoms with Crippen molar-refractivity contribution >= 4 is 5.97 Å². The van der Waals surface area contributed by atoms with Crippen molar-refractivity contribution in [2.24, 2.45) is 5.92 Å². The van der Waals surface area contributed by atoms with Gasteiger partial charge in [0.25, 0.3) is 0 Å². The normalized spacial score (nSPS) is 17.3. The van der Waals surface area contributed by atoms with Crippen LogP contribution in [0.5, 0.6) is 0 Å². The molecule has 1 aromatic heterocycles. The number of hydrogen-bond acceptors (Lipinski definition) is 6. The Morgan fingerprint density at radius 3 is 2.80 bits per heavy atom. The molecule has 20 heavy (non-hydrogen) atoms. The highest BCUT2D eigenvalue weighted by Crippen LogP contribution is 2.19. The smallest absolute Gasteiger partial charge is 0.308 e. The molecule has 112 valence electrons. The van der Waals surface area contributed by atoms with Gasteiger partial charge in [-0.1, -0.05) is 13.3 Å². The molecule has 1 aromatic rings. The first-order valence-corrected chi connectivity index (χ1v) is 7.29. The van der Waals surface area contributed by atoms with Gasteiger partial charge in [-0.3, -0.25) is 9.69 Å². The number of likely N-dealkylation sites (tertiary alicyclic amines) is 1. The molecule has 0 aromatic carbocycles. The highest BCUT2D eigenvalue weighted by Gasteiger charge is 2.26. The molecule has 0 radical (unpaired) electrons. The molecular formula is C13H23N5O2. The molecule has 2 rings (SSSR count). The number of aromatic nitrogens is 4. The Balaban J connectivity index is 1.83. The Bertz CT molecular complexity index is 426. The first kappa shape index (κ1) is 14.9. The average Bonchev–Trinajstić information content (AvgIpc) is 2.92. The number of aryl methyl sites for hydroxylation is 1. The maximum Gasteiger partial charge on any atom is 0.308 e. The molecule has 0 spiro atoms. The van der Waals surface area contributed by atoms with Gasteiger partial charge in [0.05, 0.1) is 19.6 Å². The van der Waals surface area contributed by atoms with Crippen LogP contribution in [0.4, 0.5) is 0 Å². The van der Waals surface area contributed by atoms with Crippen LogP contribution in [0.15, 0.2) is 0 Å². The fraction of sp³-hybridized carbons (Fsp3) is 0.846. The molecule has 1 aliphatic rings.